The fourth-order valence-corrected chi connectivity index (χ4v) is 2.58. The van der Waals surface area contributed by atoms with Crippen molar-refractivity contribution in [2.45, 2.75) is 84.6 Å². The molecule has 0 saturated heterocycles. The van der Waals surface area contributed by atoms with E-state index in [1.807, 2.05) is 20.8 Å². The first-order valence-electron chi connectivity index (χ1n) is 7.97. The van der Waals surface area contributed by atoms with E-state index in [2.05, 4.69) is 31.4 Å². The average Bonchev–Trinajstić information content (AvgIpc) is 2.33. The molecule has 1 saturated carbocycles. The quantitative estimate of drug-likeness (QED) is 0.704. The molecule has 0 bridgehead atoms. The highest BCUT2D eigenvalue weighted by Crippen LogP contribution is 2.40. The Kier molecular flexibility index (Phi) is 6.05. The second-order valence-corrected chi connectivity index (χ2v) is 7.66. The summed E-state index contributed by atoms with van der Waals surface area (Å²) in [5.74, 6) is 0. The Labute approximate surface area is 128 Å². The van der Waals surface area contributed by atoms with Crippen LogP contribution in [0.15, 0.2) is 0 Å². The molecule has 21 heavy (non-hydrogen) atoms. The molecule has 5 heteroatoms. The predicted molar refractivity (Wildman–Crippen MR) is 84.3 cm³/mol. The summed E-state index contributed by atoms with van der Waals surface area (Å²) in [7, 11) is 0. The maximum atomic E-state index is 11.7. The lowest BCUT2D eigenvalue weighted by Gasteiger charge is -2.51. The van der Waals surface area contributed by atoms with E-state index in [9.17, 15) is 9.90 Å². The number of rotatable bonds is 6. The standard InChI is InChI=1S/C16H32N2O3/c1-7-8-11(10-17-14(20)21-15(2,3)4)18-12-9-13(19)16(12,5)6/h11-13,18-19H,7-10H2,1-6H3,(H,17,20). The number of alkyl carbamates (subject to hydrolysis) is 1. The second-order valence-electron chi connectivity index (χ2n) is 7.66. The number of ether oxygens (including phenoxy) is 1. The number of aliphatic hydroxyl groups is 1. The van der Waals surface area contributed by atoms with Gasteiger partial charge in [-0.2, -0.15) is 0 Å². The van der Waals surface area contributed by atoms with Crippen molar-refractivity contribution in [3.05, 3.63) is 0 Å². The van der Waals surface area contributed by atoms with Crippen molar-refractivity contribution in [3.63, 3.8) is 0 Å². The minimum absolute atomic E-state index is 0.0993. The van der Waals surface area contributed by atoms with Gasteiger partial charge in [0.1, 0.15) is 5.60 Å². The Morgan fingerprint density at radius 2 is 2.05 bits per heavy atom. The van der Waals surface area contributed by atoms with Crippen LogP contribution in [0, 0.1) is 5.41 Å². The van der Waals surface area contributed by atoms with Crippen molar-refractivity contribution in [2.75, 3.05) is 6.54 Å². The van der Waals surface area contributed by atoms with Crippen LogP contribution in [0.1, 0.15) is 60.8 Å². The molecule has 0 radical (unpaired) electrons. The van der Waals surface area contributed by atoms with Gasteiger partial charge in [0.2, 0.25) is 0 Å². The van der Waals surface area contributed by atoms with Gasteiger partial charge >= 0.3 is 6.09 Å². The molecule has 1 rings (SSSR count). The van der Waals surface area contributed by atoms with E-state index < -0.39 is 5.60 Å². The zero-order valence-electron chi connectivity index (χ0n) is 14.3. The zero-order valence-corrected chi connectivity index (χ0v) is 14.3. The molecular weight excluding hydrogens is 268 g/mol. The first-order valence-corrected chi connectivity index (χ1v) is 7.97. The summed E-state index contributed by atoms with van der Waals surface area (Å²) in [6, 6.07) is 0.503. The van der Waals surface area contributed by atoms with E-state index in [0.717, 1.165) is 19.3 Å². The highest BCUT2D eigenvalue weighted by molar-refractivity contribution is 5.67. The van der Waals surface area contributed by atoms with Crippen LogP contribution in [0.25, 0.3) is 0 Å². The highest BCUT2D eigenvalue weighted by Gasteiger charge is 2.47. The molecule has 1 fully saturated rings. The number of carbonyl (C=O) groups is 1. The van der Waals surface area contributed by atoms with Crippen LogP contribution >= 0.6 is 0 Å². The van der Waals surface area contributed by atoms with E-state index in [4.69, 9.17) is 4.74 Å². The fourth-order valence-electron chi connectivity index (χ4n) is 2.58. The van der Waals surface area contributed by atoms with Crippen LogP contribution in [0.2, 0.25) is 0 Å². The number of aliphatic hydroxyl groups excluding tert-OH is 1. The van der Waals surface area contributed by atoms with E-state index in [1.54, 1.807) is 0 Å². The second kappa shape index (κ2) is 6.97. The number of amides is 1. The lowest BCUT2D eigenvalue weighted by molar-refractivity contribution is -0.0761. The van der Waals surface area contributed by atoms with Crippen molar-refractivity contribution >= 4 is 6.09 Å². The molecule has 0 heterocycles. The summed E-state index contributed by atoms with van der Waals surface area (Å²) >= 11 is 0. The monoisotopic (exact) mass is 300 g/mol. The molecule has 1 aliphatic carbocycles. The smallest absolute Gasteiger partial charge is 0.407 e. The molecule has 124 valence electrons. The van der Waals surface area contributed by atoms with Gasteiger partial charge < -0.3 is 20.5 Å². The molecule has 0 aromatic rings. The Balaban J connectivity index is 2.42. The van der Waals surface area contributed by atoms with E-state index in [-0.39, 0.29) is 23.7 Å². The molecule has 3 N–H and O–H groups in total. The third-order valence-corrected chi connectivity index (χ3v) is 4.18. The molecule has 3 unspecified atom stereocenters. The molecule has 3 atom stereocenters. The van der Waals surface area contributed by atoms with Gasteiger partial charge in [0.05, 0.1) is 6.10 Å². The molecule has 0 aromatic heterocycles. The first-order chi connectivity index (χ1) is 9.56. The minimum atomic E-state index is -0.474. The van der Waals surface area contributed by atoms with Gasteiger partial charge in [-0.1, -0.05) is 27.2 Å². The van der Waals surface area contributed by atoms with Gasteiger partial charge in [-0.05, 0) is 33.6 Å². The van der Waals surface area contributed by atoms with Crippen LogP contribution in [0.5, 0.6) is 0 Å². The van der Waals surface area contributed by atoms with Crippen molar-refractivity contribution in [2.24, 2.45) is 5.41 Å². The largest absolute Gasteiger partial charge is 0.444 e. The Hall–Kier alpha value is -0.810. The Morgan fingerprint density at radius 1 is 1.43 bits per heavy atom. The highest BCUT2D eigenvalue weighted by atomic mass is 16.6. The third kappa shape index (κ3) is 5.47. The number of nitrogens with one attached hydrogen (secondary N) is 2. The summed E-state index contributed by atoms with van der Waals surface area (Å²) in [6.45, 7) is 12.4. The van der Waals surface area contributed by atoms with Gasteiger partial charge in [0.25, 0.3) is 0 Å². The number of carbonyl (C=O) groups excluding carboxylic acids is 1. The Morgan fingerprint density at radius 3 is 2.48 bits per heavy atom. The van der Waals surface area contributed by atoms with Crippen molar-refractivity contribution < 1.29 is 14.6 Å². The van der Waals surface area contributed by atoms with Crippen molar-refractivity contribution in [3.8, 4) is 0 Å². The third-order valence-electron chi connectivity index (χ3n) is 4.18. The van der Waals surface area contributed by atoms with Gasteiger partial charge in [0, 0.05) is 24.0 Å². The topological polar surface area (TPSA) is 70.6 Å². The summed E-state index contributed by atoms with van der Waals surface area (Å²) in [5.41, 5.74) is -0.574. The fraction of sp³-hybridized carbons (Fsp3) is 0.938. The zero-order chi connectivity index (χ0) is 16.3. The van der Waals surface area contributed by atoms with E-state index >= 15 is 0 Å². The minimum Gasteiger partial charge on any atom is -0.444 e. The number of hydrogen-bond donors (Lipinski definition) is 3. The molecule has 1 amide bonds. The van der Waals surface area contributed by atoms with E-state index in [1.165, 1.54) is 0 Å². The lowest BCUT2D eigenvalue weighted by atomic mass is 9.64. The van der Waals surface area contributed by atoms with E-state index in [0.29, 0.717) is 12.6 Å². The van der Waals surface area contributed by atoms with Crippen molar-refractivity contribution in [1.82, 2.24) is 10.6 Å². The first kappa shape index (κ1) is 18.2. The molecule has 1 aliphatic rings. The van der Waals surface area contributed by atoms with Gasteiger partial charge in [-0.25, -0.2) is 4.79 Å². The molecule has 5 nitrogen and oxygen atoms in total. The van der Waals surface area contributed by atoms with Gasteiger partial charge in [0.15, 0.2) is 0 Å². The summed E-state index contributed by atoms with van der Waals surface area (Å²) in [4.78, 5) is 11.7. The average molecular weight is 300 g/mol. The molecule has 0 aromatic carbocycles. The molecular formula is C16H32N2O3. The lowest BCUT2D eigenvalue weighted by Crippen LogP contribution is -2.63. The maximum Gasteiger partial charge on any atom is 0.407 e. The van der Waals surface area contributed by atoms with Crippen LogP contribution in [0.3, 0.4) is 0 Å². The van der Waals surface area contributed by atoms with Gasteiger partial charge in [-0.3, -0.25) is 0 Å². The Bertz CT molecular complexity index is 350. The predicted octanol–water partition coefficient (Wildman–Crippen LogP) is 2.43. The van der Waals surface area contributed by atoms with Crippen molar-refractivity contribution in [1.29, 1.82) is 0 Å². The molecule has 0 spiro atoms. The maximum absolute atomic E-state index is 11.7. The van der Waals surface area contributed by atoms with Gasteiger partial charge in [-0.15, -0.1) is 0 Å². The van der Waals surface area contributed by atoms with Crippen LogP contribution in [-0.4, -0.2) is 41.5 Å². The van der Waals surface area contributed by atoms with Crippen LogP contribution < -0.4 is 10.6 Å². The van der Waals surface area contributed by atoms with Crippen LogP contribution in [0.4, 0.5) is 4.79 Å². The van der Waals surface area contributed by atoms with Crippen LogP contribution in [-0.2, 0) is 4.74 Å². The number of hydrogen-bond acceptors (Lipinski definition) is 4. The summed E-state index contributed by atoms with van der Waals surface area (Å²) in [5, 5.41) is 16.2. The molecule has 0 aliphatic heterocycles. The summed E-state index contributed by atoms with van der Waals surface area (Å²) < 4.78 is 5.25. The summed E-state index contributed by atoms with van der Waals surface area (Å²) in [6.07, 6.45) is 2.19. The SMILES string of the molecule is CCCC(CNC(=O)OC(C)(C)C)NC1CC(O)C1(C)C. The normalized spacial score (nSPS) is 25.9.